The van der Waals surface area contributed by atoms with Gasteiger partial charge in [-0.25, -0.2) is 9.97 Å². The van der Waals surface area contributed by atoms with E-state index in [-0.39, 0.29) is 5.60 Å². The average Bonchev–Trinajstić information content (AvgIpc) is 2.38. The summed E-state index contributed by atoms with van der Waals surface area (Å²) >= 11 is 5.87. The zero-order valence-electron chi connectivity index (χ0n) is 10.5. The molecule has 0 unspecified atom stereocenters. The number of methoxy groups -OCH3 is 1. The van der Waals surface area contributed by atoms with Crippen LogP contribution in [0.3, 0.4) is 0 Å². The summed E-state index contributed by atoms with van der Waals surface area (Å²) in [4.78, 5) is 9.10. The Bertz CT molecular complexity index is 389. The zero-order chi connectivity index (χ0) is 12.3. The third-order valence-electron chi connectivity index (χ3n) is 3.50. The summed E-state index contributed by atoms with van der Waals surface area (Å²) in [6, 6.07) is 1.93. The number of alkyl halides is 1. The largest absolute Gasteiger partial charge is 0.370 e. The monoisotopic (exact) mass is 254 g/mol. The number of ether oxygens (including phenoxy) is 1. The van der Waals surface area contributed by atoms with E-state index in [1.54, 1.807) is 7.11 Å². The zero-order valence-corrected chi connectivity index (χ0v) is 11.3. The summed E-state index contributed by atoms with van der Waals surface area (Å²) < 4.78 is 5.75. The maximum absolute atomic E-state index is 5.87. The maximum atomic E-state index is 5.87. The van der Waals surface area contributed by atoms with Crippen molar-refractivity contribution in [3.8, 4) is 0 Å². The number of aryl methyl sites for hydroxylation is 1. The molecule has 1 aromatic rings. The van der Waals surface area contributed by atoms with Gasteiger partial charge in [-0.15, -0.1) is 11.6 Å². The average molecular weight is 255 g/mol. The van der Waals surface area contributed by atoms with Gasteiger partial charge in [-0.2, -0.15) is 0 Å². The van der Waals surface area contributed by atoms with Crippen molar-refractivity contribution in [3.05, 3.63) is 23.3 Å². The van der Waals surface area contributed by atoms with E-state index < -0.39 is 0 Å². The summed E-state index contributed by atoms with van der Waals surface area (Å²) in [7, 11) is 1.76. The molecule has 0 spiro atoms. The molecule has 0 saturated heterocycles. The second-order valence-electron chi connectivity index (χ2n) is 4.72. The number of halogens is 1. The van der Waals surface area contributed by atoms with Crippen molar-refractivity contribution in [1.29, 1.82) is 0 Å². The van der Waals surface area contributed by atoms with Crippen molar-refractivity contribution in [2.75, 3.05) is 7.11 Å². The number of nitrogens with zero attached hydrogens (tertiary/aromatic N) is 2. The highest BCUT2D eigenvalue weighted by atomic mass is 35.5. The van der Waals surface area contributed by atoms with Crippen LogP contribution in [-0.2, 0) is 16.2 Å². The Balaban J connectivity index is 2.38. The molecule has 3 nitrogen and oxygen atoms in total. The highest BCUT2D eigenvalue weighted by Gasteiger charge is 2.36. The van der Waals surface area contributed by atoms with Gasteiger partial charge < -0.3 is 4.74 Å². The predicted octanol–water partition coefficient (Wildman–Crippen LogP) is 3.33. The minimum atomic E-state index is -0.287. The molecule has 0 aromatic carbocycles. The van der Waals surface area contributed by atoms with E-state index in [4.69, 9.17) is 16.3 Å². The van der Waals surface area contributed by atoms with Crippen LogP contribution in [0.2, 0.25) is 0 Å². The quantitative estimate of drug-likeness (QED) is 0.776. The van der Waals surface area contributed by atoms with Gasteiger partial charge in [-0.1, -0.05) is 19.3 Å². The molecule has 0 amide bonds. The third kappa shape index (κ3) is 2.61. The highest BCUT2D eigenvalue weighted by Crippen LogP contribution is 2.38. The molecule has 17 heavy (non-hydrogen) atoms. The van der Waals surface area contributed by atoms with Crippen LogP contribution in [-0.4, -0.2) is 17.1 Å². The number of hydrogen-bond donors (Lipinski definition) is 0. The first-order valence-electron chi connectivity index (χ1n) is 6.16. The van der Waals surface area contributed by atoms with Crippen LogP contribution in [0.15, 0.2) is 6.07 Å². The molecule has 1 aliphatic carbocycles. The smallest absolute Gasteiger partial charge is 0.160 e. The van der Waals surface area contributed by atoms with Crippen molar-refractivity contribution in [3.63, 3.8) is 0 Å². The lowest BCUT2D eigenvalue weighted by Gasteiger charge is -2.34. The van der Waals surface area contributed by atoms with E-state index in [2.05, 4.69) is 9.97 Å². The minimum absolute atomic E-state index is 0.287. The fraction of sp³-hybridized carbons (Fsp3) is 0.692. The fourth-order valence-electron chi connectivity index (χ4n) is 2.55. The summed E-state index contributed by atoms with van der Waals surface area (Å²) in [6.45, 7) is 1.98. The molecule has 0 radical (unpaired) electrons. The molecule has 1 aromatic heterocycles. The first-order valence-corrected chi connectivity index (χ1v) is 6.70. The van der Waals surface area contributed by atoms with E-state index in [0.29, 0.717) is 5.88 Å². The van der Waals surface area contributed by atoms with Gasteiger partial charge in [0.1, 0.15) is 5.60 Å². The van der Waals surface area contributed by atoms with E-state index in [0.717, 1.165) is 30.1 Å². The summed E-state index contributed by atoms with van der Waals surface area (Å²) in [6.07, 6.45) is 5.66. The van der Waals surface area contributed by atoms with Gasteiger partial charge in [-0.05, 0) is 25.8 Å². The Labute approximate surface area is 108 Å². The minimum Gasteiger partial charge on any atom is -0.370 e. The van der Waals surface area contributed by atoms with Gasteiger partial charge in [0.2, 0.25) is 0 Å². The normalized spacial score (nSPS) is 19.2. The topological polar surface area (TPSA) is 35.0 Å². The molecule has 1 heterocycles. The van der Waals surface area contributed by atoms with Crippen LogP contribution < -0.4 is 0 Å². The Hall–Kier alpha value is -0.670. The van der Waals surface area contributed by atoms with Crippen molar-refractivity contribution < 1.29 is 4.74 Å². The Morgan fingerprint density at radius 1 is 1.29 bits per heavy atom. The van der Waals surface area contributed by atoms with Gasteiger partial charge in [0.15, 0.2) is 5.82 Å². The molecular formula is C13H19ClN2O. The number of aromatic nitrogens is 2. The standard InChI is InChI=1S/C13H19ClN2O/c1-10-8-11(9-14)16-12(15-10)13(17-2)6-4-3-5-7-13/h8H,3-7,9H2,1-2H3. The lowest BCUT2D eigenvalue weighted by atomic mass is 9.84. The van der Waals surface area contributed by atoms with Gasteiger partial charge in [0.25, 0.3) is 0 Å². The summed E-state index contributed by atoms with van der Waals surface area (Å²) in [5.74, 6) is 1.24. The SMILES string of the molecule is COC1(c2nc(C)cc(CCl)n2)CCCCC1. The maximum Gasteiger partial charge on any atom is 0.160 e. The molecule has 1 aliphatic rings. The Morgan fingerprint density at radius 2 is 2.00 bits per heavy atom. The van der Waals surface area contributed by atoms with Gasteiger partial charge in [0, 0.05) is 12.8 Å². The van der Waals surface area contributed by atoms with Crippen LogP contribution in [0.4, 0.5) is 0 Å². The molecule has 1 saturated carbocycles. The number of hydrogen-bond acceptors (Lipinski definition) is 3. The van der Waals surface area contributed by atoms with Crippen LogP contribution >= 0.6 is 11.6 Å². The molecule has 0 bridgehead atoms. The molecule has 2 rings (SSSR count). The summed E-state index contributed by atoms with van der Waals surface area (Å²) in [5.41, 5.74) is 1.56. The molecule has 0 atom stereocenters. The second kappa shape index (κ2) is 5.32. The molecule has 0 N–H and O–H groups in total. The lowest BCUT2D eigenvalue weighted by molar-refractivity contribution is -0.0517. The van der Waals surface area contributed by atoms with Gasteiger partial charge in [-0.3, -0.25) is 0 Å². The first-order chi connectivity index (χ1) is 8.20. The van der Waals surface area contributed by atoms with E-state index >= 15 is 0 Å². The molecule has 0 aliphatic heterocycles. The predicted molar refractivity (Wildman–Crippen MR) is 68.1 cm³/mol. The van der Waals surface area contributed by atoms with Crippen molar-refractivity contribution in [1.82, 2.24) is 9.97 Å². The molecule has 94 valence electrons. The van der Waals surface area contributed by atoms with E-state index in [9.17, 15) is 0 Å². The van der Waals surface area contributed by atoms with E-state index in [1.165, 1.54) is 19.3 Å². The second-order valence-corrected chi connectivity index (χ2v) is 4.98. The van der Waals surface area contributed by atoms with Gasteiger partial charge in [0.05, 0.1) is 11.6 Å². The number of rotatable bonds is 3. The van der Waals surface area contributed by atoms with Crippen molar-refractivity contribution in [2.45, 2.75) is 50.5 Å². The highest BCUT2D eigenvalue weighted by molar-refractivity contribution is 6.16. The Morgan fingerprint density at radius 3 is 2.59 bits per heavy atom. The molecule has 4 heteroatoms. The third-order valence-corrected chi connectivity index (χ3v) is 3.78. The van der Waals surface area contributed by atoms with Crippen molar-refractivity contribution >= 4 is 11.6 Å². The fourth-order valence-corrected chi connectivity index (χ4v) is 2.68. The van der Waals surface area contributed by atoms with Crippen LogP contribution in [0, 0.1) is 6.92 Å². The Kier molecular flexibility index (Phi) is 4.00. The lowest BCUT2D eigenvalue weighted by Crippen LogP contribution is -2.33. The van der Waals surface area contributed by atoms with Crippen LogP contribution in [0.1, 0.15) is 49.3 Å². The molecule has 1 fully saturated rings. The van der Waals surface area contributed by atoms with Crippen LogP contribution in [0.25, 0.3) is 0 Å². The first kappa shape index (κ1) is 12.8. The van der Waals surface area contributed by atoms with Gasteiger partial charge >= 0.3 is 0 Å². The van der Waals surface area contributed by atoms with Crippen LogP contribution in [0.5, 0.6) is 0 Å². The van der Waals surface area contributed by atoms with E-state index in [1.807, 2.05) is 13.0 Å². The van der Waals surface area contributed by atoms with Crippen molar-refractivity contribution in [2.24, 2.45) is 0 Å². The summed E-state index contributed by atoms with van der Waals surface area (Å²) in [5, 5.41) is 0. The molecular weight excluding hydrogens is 236 g/mol.